The van der Waals surface area contributed by atoms with Crippen LogP contribution in [-0.4, -0.2) is 38.1 Å². The lowest BCUT2D eigenvalue weighted by atomic mass is 10.2. The number of carboxylic acids is 1. The molecule has 1 fully saturated rings. The summed E-state index contributed by atoms with van der Waals surface area (Å²) in [5.74, 6) is -2.14. The Morgan fingerprint density at radius 1 is 1.35 bits per heavy atom. The summed E-state index contributed by atoms with van der Waals surface area (Å²) in [6, 6.07) is -1.00. The molecule has 1 aromatic heterocycles. The molecule has 0 spiro atoms. The third kappa shape index (κ3) is 2.41. The van der Waals surface area contributed by atoms with Gasteiger partial charge in [0.1, 0.15) is 28.0 Å². The SMILES string of the molecule is Cc1oc(C)c(S(=O)(=O)NC2CCOC2=O)c1C(=O)O. The van der Waals surface area contributed by atoms with Crippen LogP contribution in [0.5, 0.6) is 0 Å². The highest BCUT2D eigenvalue weighted by Crippen LogP contribution is 2.27. The van der Waals surface area contributed by atoms with Gasteiger partial charge in [0.05, 0.1) is 6.61 Å². The van der Waals surface area contributed by atoms with Crippen LogP contribution < -0.4 is 4.72 Å². The normalized spacial score (nSPS) is 19.1. The number of carbonyl (C=O) groups is 2. The fraction of sp³-hybridized carbons (Fsp3) is 0.455. The van der Waals surface area contributed by atoms with Gasteiger partial charge in [-0.2, -0.15) is 4.72 Å². The summed E-state index contributed by atoms with van der Waals surface area (Å²) in [5.41, 5.74) is -0.429. The van der Waals surface area contributed by atoms with Gasteiger partial charge in [-0.15, -0.1) is 0 Å². The first-order valence-electron chi connectivity index (χ1n) is 5.76. The van der Waals surface area contributed by atoms with Crippen LogP contribution in [0.2, 0.25) is 0 Å². The third-order valence-electron chi connectivity index (χ3n) is 2.92. The van der Waals surface area contributed by atoms with Gasteiger partial charge < -0.3 is 14.3 Å². The Hall–Kier alpha value is -1.87. The number of cyclic esters (lactones) is 1. The summed E-state index contributed by atoms with van der Waals surface area (Å²) in [6.45, 7) is 2.83. The molecule has 0 aliphatic carbocycles. The van der Waals surface area contributed by atoms with E-state index in [0.717, 1.165) is 0 Å². The first-order valence-corrected chi connectivity index (χ1v) is 7.24. The van der Waals surface area contributed by atoms with Gasteiger partial charge in [-0.3, -0.25) is 4.79 Å². The second-order valence-electron chi connectivity index (χ2n) is 4.35. The maximum atomic E-state index is 12.3. The summed E-state index contributed by atoms with van der Waals surface area (Å²) in [5, 5.41) is 9.09. The molecule has 0 saturated carbocycles. The van der Waals surface area contributed by atoms with Gasteiger partial charge in [-0.05, 0) is 13.8 Å². The van der Waals surface area contributed by atoms with Crippen molar-refractivity contribution in [1.29, 1.82) is 0 Å². The Morgan fingerprint density at radius 2 is 2.00 bits per heavy atom. The molecule has 20 heavy (non-hydrogen) atoms. The van der Waals surface area contributed by atoms with Crippen molar-refractivity contribution < 1.29 is 32.3 Å². The molecule has 1 aromatic rings. The number of hydrogen-bond donors (Lipinski definition) is 2. The van der Waals surface area contributed by atoms with Crippen LogP contribution in [0.4, 0.5) is 0 Å². The number of carboxylic acid groups (broad SMARTS) is 1. The molecule has 0 bridgehead atoms. The summed E-state index contributed by atoms with van der Waals surface area (Å²) in [4.78, 5) is 22.0. The van der Waals surface area contributed by atoms with Gasteiger partial charge in [0.25, 0.3) is 0 Å². The maximum absolute atomic E-state index is 12.3. The van der Waals surface area contributed by atoms with Crippen molar-refractivity contribution in [3.05, 3.63) is 17.1 Å². The highest BCUT2D eigenvalue weighted by Gasteiger charge is 2.36. The van der Waals surface area contributed by atoms with Gasteiger partial charge in [0.2, 0.25) is 10.0 Å². The number of hydrogen-bond acceptors (Lipinski definition) is 6. The smallest absolute Gasteiger partial charge is 0.340 e. The second-order valence-corrected chi connectivity index (χ2v) is 6.00. The van der Waals surface area contributed by atoms with Crippen molar-refractivity contribution in [2.75, 3.05) is 6.61 Å². The number of aromatic carboxylic acids is 1. The van der Waals surface area contributed by atoms with Crippen LogP contribution in [0.15, 0.2) is 9.31 Å². The molecular weight excluding hydrogens is 290 g/mol. The quantitative estimate of drug-likeness (QED) is 0.761. The Kier molecular flexibility index (Phi) is 3.57. The largest absolute Gasteiger partial charge is 0.478 e. The van der Waals surface area contributed by atoms with Gasteiger partial charge in [0.15, 0.2) is 0 Å². The Morgan fingerprint density at radius 3 is 2.50 bits per heavy atom. The molecule has 8 nitrogen and oxygen atoms in total. The van der Waals surface area contributed by atoms with Crippen LogP contribution >= 0.6 is 0 Å². The maximum Gasteiger partial charge on any atom is 0.340 e. The van der Waals surface area contributed by atoms with Crippen molar-refractivity contribution >= 4 is 22.0 Å². The summed E-state index contributed by atoms with van der Waals surface area (Å²) < 4.78 is 36.4. The van der Waals surface area contributed by atoms with E-state index in [1.165, 1.54) is 13.8 Å². The monoisotopic (exact) mass is 303 g/mol. The van der Waals surface area contributed by atoms with Crippen molar-refractivity contribution in [2.24, 2.45) is 0 Å². The molecule has 9 heteroatoms. The number of aryl methyl sites for hydroxylation is 2. The van der Waals surface area contributed by atoms with Crippen LogP contribution in [0.25, 0.3) is 0 Å². The van der Waals surface area contributed by atoms with E-state index in [4.69, 9.17) is 9.52 Å². The van der Waals surface area contributed by atoms with Gasteiger partial charge >= 0.3 is 11.9 Å². The van der Waals surface area contributed by atoms with Crippen LogP contribution in [0.1, 0.15) is 28.3 Å². The predicted octanol–water partition coefficient (Wildman–Crippen LogP) is 0.188. The zero-order valence-corrected chi connectivity index (χ0v) is 11.6. The number of esters is 1. The number of nitrogens with one attached hydrogen (secondary N) is 1. The summed E-state index contributed by atoms with van der Waals surface area (Å²) >= 11 is 0. The van der Waals surface area contributed by atoms with E-state index in [-0.39, 0.29) is 24.5 Å². The molecule has 1 unspecified atom stereocenters. The topological polar surface area (TPSA) is 123 Å². The number of furan rings is 1. The average Bonchev–Trinajstić information content (AvgIpc) is 2.82. The standard InChI is InChI=1S/C11H13NO7S/c1-5-8(10(13)14)9(6(2)19-5)20(16,17)12-7-3-4-18-11(7)15/h7,12H,3-4H2,1-2H3,(H,13,14). The van der Waals surface area contributed by atoms with E-state index in [1.807, 2.05) is 0 Å². The van der Waals surface area contributed by atoms with E-state index >= 15 is 0 Å². The molecule has 1 aliphatic rings. The van der Waals surface area contributed by atoms with Gasteiger partial charge in [-0.1, -0.05) is 0 Å². The first-order chi connectivity index (χ1) is 9.24. The molecule has 2 heterocycles. The number of carbonyl (C=O) groups excluding carboxylic acids is 1. The number of ether oxygens (including phenoxy) is 1. The zero-order chi connectivity index (χ0) is 15.1. The van der Waals surface area contributed by atoms with Gasteiger partial charge in [-0.25, -0.2) is 13.2 Å². The molecule has 0 radical (unpaired) electrons. The van der Waals surface area contributed by atoms with E-state index in [2.05, 4.69) is 9.46 Å². The number of sulfonamides is 1. The Balaban J connectivity index is 2.44. The molecule has 0 aromatic carbocycles. The summed E-state index contributed by atoms with van der Waals surface area (Å²) in [6.07, 6.45) is 0.205. The van der Waals surface area contributed by atoms with Crippen molar-refractivity contribution in [1.82, 2.24) is 4.72 Å². The lowest BCUT2D eigenvalue weighted by Gasteiger charge is -2.09. The lowest BCUT2D eigenvalue weighted by Crippen LogP contribution is -2.38. The molecule has 1 saturated heterocycles. The predicted molar refractivity (Wildman–Crippen MR) is 64.8 cm³/mol. The fourth-order valence-electron chi connectivity index (χ4n) is 2.08. The molecule has 2 rings (SSSR count). The zero-order valence-electron chi connectivity index (χ0n) is 10.8. The number of rotatable bonds is 4. The van der Waals surface area contributed by atoms with Crippen LogP contribution in [-0.2, 0) is 19.6 Å². The third-order valence-corrected chi connectivity index (χ3v) is 4.54. The molecule has 0 amide bonds. The minimum Gasteiger partial charge on any atom is -0.478 e. The molecule has 1 atom stereocenters. The lowest BCUT2D eigenvalue weighted by molar-refractivity contribution is -0.139. The molecular formula is C11H13NO7S. The molecule has 110 valence electrons. The minimum absolute atomic E-state index is 0.00984. The minimum atomic E-state index is -4.19. The molecule has 2 N–H and O–H groups in total. The van der Waals surface area contributed by atoms with Crippen molar-refractivity contribution in [2.45, 2.75) is 31.2 Å². The van der Waals surface area contributed by atoms with Crippen molar-refractivity contribution in [3.63, 3.8) is 0 Å². The molecule has 1 aliphatic heterocycles. The first kappa shape index (κ1) is 14.5. The highest BCUT2D eigenvalue weighted by molar-refractivity contribution is 7.89. The second kappa shape index (κ2) is 4.91. The van der Waals surface area contributed by atoms with E-state index in [9.17, 15) is 18.0 Å². The van der Waals surface area contributed by atoms with Crippen LogP contribution in [0.3, 0.4) is 0 Å². The van der Waals surface area contributed by atoms with E-state index in [1.54, 1.807) is 0 Å². The highest BCUT2D eigenvalue weighted by atomic mass is 32.2. The summed E-state index contributed by atoms with van der Waals surface area (Å²) in [7, 11) is -4.19. The Bertz CT molecular complexity index is 673. The van der Waals surface area contributed by atoms with Crippen molar-refractivity contribution in [3.8, 4) is 0 Å². The van der Waals surface area contributed by atoms with Gasteiger partial charge in [0, 0.05) is 6.42 Å². The van der Waals surface area contributed by atoms with Crippen LogP contribution in [0, 0.1) is 13.8 Å². The fourth-order valence-corrected chi connectivity index (χ4v) is 3.71. The van der Waals surface area contributed by atoms with E-state index < -0.39 is 38.5 Å². The van der Waals surface area contributed by atoms with E-state index in [0.29, 0.717) is 0 Å². The average molecular weight is 303 g/mol. The Labute approximate surface area is 114 Å².